The predicted octanol–water partition coefficient (Wildman–Crippen LogP) is 3.82. The number of pyridine rings is 1. The number of nitrogens with zero attached hydrogens (tertiary/aromatic N) is 1. The molecule has 0 bridgehead atoms. The van der Waals surface area contributed by atoms with Crippen LogP contribution in [0, 0.1) is 0 Å². The van der Waals surface area contributed by atoms with E-state index in [1.54, 1.807) is 43.6 Å². The Morgan fingerprint density at radius 1 is 0.897 bits per heavy atom. The van der Waals surface area contributed by atoms with Gasteiger partial charge in [-0.2, -0.15) is 0 Å². The summed E-state index contributed by atoms with van der Waals surface area (Å²) in [5.74, 6) is 2.15. The van der Waals surface area contributed by atoms with Gasteiger partial charge in [0.05, 0.1) is 14.2 Å². The van der Waals surface area contributed by atoms with E-state index in [4.69, 9.17) is 18.9 Å². The van der Waals surface area contributed by atoms with Gasteiger partial charge < -0.3 is 29.6 Å². The zero-order valence-electron chi connectivity index (χ0n) is 15.9. The molecule has 1 aliphatic heterocycles. The van der Waals surface area contributed by atoms with E-state index in [9.17, 15) is 4.79 Å². The summed E-state index contributed by atoms with van der Waals surface area (Å²) in [7, 11) is 3.09. The lowest BCUT2D eigenvalue weighted by molar-refractivity contribution is 0.102. The van der Waals surface area contributed by atoms with Gasteiger partial charge in [0.25, 0.3) is 5.91 Å². The van der Waals surface area contributed by atoms with Crippen LogP contribution >= 0.6 is 0 Å². The van der Waals surface area contributed by atoms with Gasteiger partial charge >= 0.3 is 0 Å². The maximum Gasteiger partial charge on any atom is 0.274 e. The molecule has 8 nitrogen and oxygen atoms in total. The van der Waals surface area contributed by atoms with Crippen molar-refractivity contribution in [3.05, 3.63) is 60.4 Å². The van der Waals surface area contributed by atoms with Gasteiger partial charge in [0.15, 0.2) is 23.0 Å². The first-order chi connectivity index (χ1) is 14.2. The third-order valence-corrected chi connectivity index (χ3v) is 4.30. The van der Waals surface area contributed by atoms with E-state index < -0.39 is 0 Å². The Kier molecular flexibility index (Phi) is 5.07. The molecule has 0 saturated carbocycles. The van der Waals surface area contributed by atoms with Crippen molar-refractivity contribution in [2.75, 3.05) is 31.6 Å². The monoisotopic (exact) mass is 393 g/mol. The molecule has 4 rings (SSSR count). The number of hydrogen-bond donors (Lipinski definition) is 2. The van der Waals surface area contributed by atoms with Crippen LogP contribution in [-0.4, -0.2) is 31.9 Å². The first-order valence-electron chi connectivity index (χ1n) is 8.82. The Hall–Kier alpha value is -3.94. The summed E-state index contributed by atoms with van der Waals surface area (Å²) in [5, 5.41) is 6.04. The Balaban J connectivity index is 1.49. The molecule has 0 atom stereocenters. The molecule has 2 aromatic carbocycles. The number of anilines is 3. The standard InChI is InChI=1S/C21H19N3O5/c1-26-17-5-3-14(10-19(17)27-2)24-21(25)16-9-15(7-8-22-16)23-13-4-6-18-20(11-13)29-12-28-18/h3-11H,12H2,1-2H3,(H,22,23)(H,24,25). The lowest BCUT2D eigenvalue weighted by Crippen LogP contribution is -2.14. The fraction of sp³-hybridized carbons (Fsp3) is 0.143. The molecule has 2 heterocycles. The van der Waals surface area contributed by atoms with Crippen molar-refractivity contribution in [2.45, 2.75) is 0 Å². The van der Waals surface area contributed by atoms with E-state index in [0.717, 1.165) is 11.4 Å². The largest absolute Gasteiger partial charge is 0.493 e. The molecular weight excluding hydrogens is 374 g/mol. The lowest BCUT2D eigenvalue weighted by Gasteiger charge is -2.11. The number of carbonyl (C=O) groups is 1. The van der Waals surface area contributed by atoms with Gasteiger partial charge in [-0.3, -0.25) is 9.78 Å². The molecule has 0 spiro atoms. The van der Waals surface area contributed by atoms with Crippen molar-refractivity contribution in [3.8, 4) is 23.0 Å². The molecule has 1 aromatic heterocycles. The number of fused-ring (bicyclic) bond motifs is 1. The highest BCUT2D eigenvalue weighted by atomic mass is 16.7. The average molecular weight is 393 g/mol. The normalized spacial score (nSPS) is 11.7. The topological polar surface area (TPSA) is 90.9 Å². The first kappa shape index (κ1) is 18.4. The second-order valence-corrected chi connectivity index (χ2v) is 6.15. The summed E-state index contributed by atoms with van der Waals surface area (Å²) in [6.45, 7) is 0.217. The van der Waals surface area contributed by atoms with Gasteiger partial charge in [0.1, 0.15) is 5.69 Å². The number of carbonyl (C=O) groups excluding carboxylic acids is 1. The number of benzene rings is 2. The number of hydrogen-bond acceptors (Lipinski definition) is 7. The molecule has 1 amide bonds. The van der Waals surface area contributed by atoms with E-state index in [1.165, 1.54) is 7.11 Å². The minimum Gasteiger partial charge on any atom is -0.493 e. The highest BCUT2D eigenvalue weighted by Gasteiger charge is 2.14. The quantitative estimate of drug-likeness (QED) is 0.658. The summed E-state index contributed by atoms with van der Waals surface area (Å²) in [6, 6.07) is 14.1. The molecule has 148 valence electrons. The van der Waals surface area contributed by atoms with Gasteiger partial charge in [0.2, 0.25) is 6.79 Å². The first-order valence-corrected chi connectivity index (χ1v) is 8.82. The van der Waals surface area contributed by atoms with Gasteiger partial charge in [-0.15, -0.1) is 0 Å². The van der Waals surface area contributed by atoms with Crippen molar-refractivity contribution in [1.82, 2.24) is 4.98 Å². The van der Waals surface area contributed by atoms with Gasteiger partial charge in [-0.05, 0) is 36.4 Å². The number of nitrogens with one attached hydrogen (secondary N) is 2. The van der Waals surface area contributed by atoms with E-state index in [0.29, 0.717) is 28.7 Å². The molecule has 0 unspecified atom stereocenters. The average Bonchev–Trinajstić information content (AvgIpc) is 3.21. The van der Waals surface area contributed by atoms with Crippen LogP contribution in [0.15, 0.2) is 54.7 Å². The van der Waals surface area contributed by atoms with Crippen LogP contribution in [-0.2, 0) is 0 Å². The van der Waals surface area contributed by atoms with Crippen molar-refractivity contribution in [3.63, 3.8) is 0 Å². The molecule has 2 N–H and O–H groups in total. The summed E-state index contributed by atoms with van der Waals surface area (Å²) in [4.78, 5) is 16.8. The van der Waals surface area contributed by atoms with Gasteiger partial charge in [0, 0.05) is 35.4 Å². The SMILES string of the molecule is COc1ccc(NC(=O)c2cc(Nc3ccc4c(c3)OCO4)ccn2)cc1OC. The molecule has 29 heavy (non-hydrogen) atoms. The van der Waals surface area contributed by atoms with E-state index in [-0.39, 0.29) is 18.4 Å². The highest BCUT2D eigenvalue weighted by molar-refractivity contribution is 6.03. The van der Waals surface area contributed by atoms with Crippen molar-refractivity contribution in [1.29, 1.82) is 0 Å². The Bertz CT molecular complexity index is 1050. The number of ether oxygens (including phenoxy) is 4. The third kappa shape index (κ3) is 4.01. The van der Waals surface area contributed by atoms with Crippen LogP contribution in [0.2, 0.25) is 0 Å². The summed E-state index contributed by atoms with van der Waals surface area (Å²) >= 11 is 0. The van der Waals surface area contributed by atoms with Crippen LogP contribution in [0.25, 0.3) is 0 Å². The molecule has 3 aromatic rings. The van der Waals surface area contributed by atoms with E-state index in [2.05, 4.69) is 15.6 Å². The van der Waals surface area contributed by atoms with Crippen molar-refractivity contribution < 1.29 is 23.7 Å². The zero-order valence-corrected chi connectivity index (χ0v) is 15.9. The maximum absolute atomic E-state index is 12.6. The molecule has 0 saturated heterocycles. The number of amides is 1. The second-order valence-electron chi connectivity index (χ2n) is 6.15. The Morgan fingerprint density at radius 2 is 1.66 bits per heavy atom. The maximum atomic E-state index is 12.6. The van der Waals surface area contributed by atoms with E-state index >= 15 is 0 Å². The Morgan fingerprint density at radius 3 is 2.48 bits per heavy atom. The predicted molar refractivity (Wildman–Crippen MR) is 108 cm³/mol. The van der Waals surface area contributed by atoms with Gasteiger partial charge in [-0.25, -0.2) is 0 Å². The van der Waals surface area contributed by atoms with Crippen molar-refractivity contribution in [2.24, 2.45) is 0 Å². The zero-order chi connectivity index (χ0) is 20.2. The van der Waals surface area contributed by atoms with E-state index in [1.807, 2.05) is 18.2 Å². The number of rotatable bonds is 6. The lowest BCUT2D eigenvalue weighted by atomic mass is 10.2. The minimum atomic E-state index is -0.341. The minimum absolute atomic E-state index is 0.217. The molecule has 0 fully saturated rings. The summed E-state index contributed by atoms with van der Waals surface area (Å²) in [5.41, 5.74) is 2.37. The second kappa shape index (κ2) is 7.97. The highest BCUT2D eigenvalue weighted by Crippen LogP contribution is 2.35. The van der Waals surface area contributed by atoms with Crippen LogP contribution in [0.1, 0.15) is 10.5 Å². The molecule has 8 heteroatoms. The molecule has 1 aliphatic rings. The number of aromatic nitrogens is 1. The van der Waals surface area contributed by atoms with Crippen LogP contribution in [0.4, 0.5) is 17.1 Å². The fourth-order valence-corrected chi connectivity index (χ4v) is 2.88. The Labute approximate surface area is 167 Å². The summed E-state index contributed by atoms with van der Waals surface area (Å²) in [6.07, 6.45) is 1.57. The fourth-order valence-electron chi connectivity index (χ4n) is 2.88. The van der Waals surface area contributed by atoms with Crippen LogP contribution in [0.3, 0.4) is 0 Å². The number of methoxy groups -OCH3 is 2. The van der Waals surface area contributed by atoms with Crippen LogP contribution in [0.5, 0.6) is 23.0 Å². The summed E-state index contributed by atoms with van der Waals surface area (Å²) < 4.78 is 21.2. The third-order valence-electron chi connectivity index (χ3n) is 4.30. The molecule has 0 radical (unpaired) electrons. The van der Waals surface area contributed by atoms with Crippen LogP contribution < -0.4 is 29.6 Å². The van der Waals surface area contributed by atoms with Crippen molar-refractivity contribution >= 4 is 23.0 Å². The molecule has 0 aliphatic carbocycles. The van der Waals surface area contributed by atoms with Gasteiger partial charge in [-0.1, -0.05) is 0 Å². The smallest absolute Gasteiger partial charge is 0.274 e. The molecular formula is C21H19N3O5.